The van der Waals surface area contributed by atoms with Gasteiger partial charge in [-0.15, -0.1) is 65.9 Å². The number of nitrogens with zero attached hydrogens (tertiary/aromatic N) is 19. The number of anilines is 5. The van der Waals surface area contributed by atoms with Crippen molar-refractivity contribution in [3.05, 3.63) is 303 Å². The van der Waals surface area contributed by atoms with Gasteiger partial charge in [0, 0.05) is 200 Å². The first-order valence-electron chi connectivity index (χ1n) is 44.5. The zero-order valence-corrected chi connectivity index (χ0v) is 75.4. The molecule has 734 valence electrons. The number of fused-ring (bicyclic) bond motifs is 5. The molecular formula is C97H85F16N19O8S. The number of benzene rings is 5. The molecule has 5 fully saturated rings. The fraction of sp³-hybridized carbons (Fsp3) is 0.320. The van der Waals surface area contributed by atoms with Crippen molar-refractivity contribution in [3.8, 4) is 28.7 Å². The number of β-amino-alcohol motifs (C(OH)–C–C–N with tert-alkyl or cyclic N) is 1. The van der Waals surface area contributed by atoms with Gasteiger partial charge in [-0.25, -0.2) is 29.3 Å². The second-order valence-electron chi connectivity index (χ2n) is 33.8. The van der Waals surface area contributed by atoms with Crippen molar-refractivity contribution < 1.29 is 108 Å². The number of aliphatic imine (C=N–C) groups is 5. The Morgan fingerprint density at radius 2 is 0.624 bits per heavy atom. The van der Waals surface area contributed by atoms with Crippen LogP contribution in [0.1, 0.15) is 115 Å². The molecule has 5 saturated heterocycles. The van der Waals surface area contributed by atoms with Crippen LogP contribution >= 0.6 is 0 Å². The van der Waals surface area contributed by atoms with Gasteiger partial charge in [-0.1, -0.05) is 30.3 Å². The highest BCUT2D eigenvalue weighted by Gasteiger charge is 2.40. The number of ether oxygens (including phenoxy) is 6. The van der Waals surface area contributed by atoms with Crippen LogP contribution in [0.5, 0.6) is 28.7 Å². The minimum atomic E-state index is -4.75. The van der Waals surface area contributed by atoms with Gasteiger partial charge in [-0.3, -0.25) is 38.5 Å². The van der Waals surface area contributed by atoms with Crippen LogP contribution in [0, 0.1) is 0 Å². The van der Waals surface area contributed by atoms with E-state index in [1.165, 1.54) is 60.7 Å². The average Bonchev–Trinajstić information content (AvgIpc) is 1.68. The van der Waals surface area contributed by atoms with Crippen LogP contribution in [0.3, 0.4) is 0 Å². The Balaban J connectivity index is 0.000000117. The number of halogens is 16. The third-order valence-corrected chi connectivity index (χ3v) is 25.9. The number of aliphatic hydroxyl groups is 1. The number of hydrogen-bond donors (Lipinski definition) is 1. The standard InChI is InChI=1S/C22H20F3N5O.C20H16F3N5O.C19H18F3N3O3.C18H15F4N3O.C18H16F3N3O2S/c23-22(24,25)31-18-3-2-16-14-27-21(19(16)13-18)15-4-8-26-20(12-15)29-10-5-17(6-11-29)30-9-1-7-28-30;21-20(22,23)29-16-3-2-14-10-25-19(17(14)9-16)13-4-6-24-18(8-13)27-11-15(12-27)28-7-1-5-26-28;1-27-16-10-25(9-15(16)26)17-6-11(4-5-23-17)18-14-7-13(28-19(20,21)22)3-2-12(14)8-24-18;19-13-4-6-25(10-13)16-7-11(3-5-23-16)17-15-8-14(26-18(20,21)22)2-1-12(15)9-24-17;19-18(20,21)26-14-2-1-13-11-23-17(15(13)10-14)12-3-4-22-16(9-12)24-5-7-27(25)8-6-24/h1-4,7-9,12-13,17H,5-6,10-11,14H2;1-9,15H,10-12H2;2-7,15-16,26H,8-10H2,1H3;1-3,5,7-8,13H,4,6,9-10H2;1-4,9-10H,5-8,11H2/t;;15-,16-;13-;/m..01./s1. The van der Waals surface area contributed by atoms with E-state index in [1.807, 2.05) is 80.1 Å². The Kier molecular flexibility index (Phi) is 28.0. The molecular weight excluding hydrogens is 1900 g/mol. The van der Waals surface area contributed by atoms with E-state index in [4.69, 9.17) is 4.74 Å². The summed E-state index contributed by atoms with van der Waals surface area (Å²) in [5.74, 6) is 3.60. The van der Waals surface area contributed by atoms with E-state index in [9.17, 15) is 79.6 Å². The molecule has 1 N–H and O–H groups in total. The molecule has 12 aromatic rings. The summed E-state index contributed by atoms with van der Waals surface area (Å²) in [5, 5.41) is 18.6. The minimum absolute atomic E-state index is 0.240. The van der Waals surface area contributed by atoms with Crippen LogP contribution in [0.25, 0.3) is 0 Å². The predicted octanol–water partition coefficient (Wildman–Crippen LogP) is 17.3. The van der Waals surface area contributed by atoms with Crippen LogP contribution in [0.15, 0.2) is 245 Å². The van der Waals surface area contributed by atoms with Crippen LogP contribution in [-0.4, -0.2) is 217 Å². The Morgan fingerprint density at radius 3 is 0.908 bits per heavy atom. The normalized spacial score (nSPS) is 18.3. The van der Waals surface area contributed by atoms with E-state index in [1.54, 1.807) is 105 Å². The zero-order chi connectivity index (χ0) is 98.7. The van der Waals surface area contributed by atoms with Crippen molar-refractivity contribution in [2.24, 2.45) is 25.0 Å². The molecule has 17 heterocycles. The van der Waals surface area contributed by atoms with Crippen molar-refractivity contribution in [2.75, 3.05) is 109 Å². The smallest absolute Gasteiger partial charge is 0.406 e. The molecule has 0 saturated carbocycles. The van der Waals surface area contributed by atoms with Gasteiger partial charge in [0.25, 0.3) is 0 Å². The number of hydrogen-bond acceptors (Lipinski definition) is 25. The van der Waals surface area contributed by atoms with E-state index in [2.05, 4.69) is 98.5 Å². The lowest BCUT2D eigenvalue weighted by Gasteiger charge is -2.40. The second-order valence-corrected chi connectivity index (χ2v) is 35.5. The first kappa shape index (κ1) is 96.8. The number of piperidine rings is 1. The molecule has 141 heavy (non-hydrogen) atoms. The van der Waals surface area contributed by atoms with Crippen LogP contribution < -0.4 is 48.2 Å². The summed E-state index contributed by atoms with van der Waals surface area (Å²) in [7, 11) is 0.766. The van der Waals surface area contributed by atoms with Gasteiger partial charge in [0.1, 0.15) is 70.1 Å². The highest BCUT2D eigenvalue weighted by molar-refractivity contribution is 7.85. The highest BCUT2D eigenvalue weighted by atomic mass is 32.2. The molecule has 10 aliphatic rings. The summed E-state index contributed by atoms with van der Waals surface area (Å²) in [5.41, 5.74) is 14.5. The third-order valence-electron chi connectivity index (χ3n) is 24.6. The first-order chi connectivity index (χ1) is 67.5. The quantitative estimate of drug-likeness (QED) is 0.0782. The molecule has 27 nitrogen and oxygen atoms in total. The molecule has 5 aromatic carbocycles. The summed E-state index contributed by atoms with van der Waals surface area (Å²) in [6.45, 7) is 8.46. The molecule has 44 heteroatoms. The summed E-state index contributed by atoms with van der Waals surface area (Å²) in [6.07, 6.45) is -7.26. The summed E-state index contributed by atoms with van der Waals surface area (Å²) in [6, 6.07) is 44.3. The van der Waals surface area contributed by atoms with E-state index in [0.717, 1.165) is 112 Å². The van der Waals surface area contributed by atoms with Gasteiger partial charge in [0.15, 0.2) is 0 Å². The SMILES string of the molecule is CO[C@H]1CN(c2cc(C3=NCc4ccc(OC(F)(F)F)cc43)ccn2)C[C@@H]1O.FC(F)(F)Oc1ccc2c(c1)C(c1ccnc(N3CC(n4cccn4)C3)c1)=NC2.FC(F)(F)Oc1ccc2c(c1)C(c1ccnc(N3CCC(n4cccn4)CC3)c1)=NC2.F[C@@H]1CCN(c2cc(C3=NCc4ccc(OC(F)(F)F)cc43)ccn2)C1.O=S1CCN(c2cc(C3=NCc4ccc(OC(F)(F)F)cc43)ccn2)CC1. The lowest BCUT2D eigenvalue weighted by Crippen LogP contribution is -2.48. The molecule has 22 rings (SSSR count). The topological polar surface area (TPSA) is 271 Å². The minimum Gasteiger partial charge on any atom is -0.406 e. The fourth-order valence-corrected chi connectivity index (χ4v) is 18.9. The summed E-state index contributed by atoms with van der Waals surface area (Å²) in [4.78, 5) is 54.7. The third kappa shape index (κ3) is 23.8. The highest BCUT2D eigenvalue weighted by Crippen LogP contribution is 2.40. The Labute approximate surface area is 796 Å². The van der Waals surface area contributed by atoms with Gasteiger partial charge in [-0.05, 0) is 181 Å². The summed E-state index contributed by atoms with van der Waals surface area (Å²) < 4.78 is 242. The van der Waals surface area contributed by atoms with Gasteiger partial charge in [0.05, 0.1) is 86.0 Å². The first-order valence-corrected chi connectivity index (χ1v) is 46.0. The Bertz CT molecular complexity index is 6720. The maximum absolute atomic E-state index is 13.4. The molecule has 0 unspecified atom stereocenters. The molecule has 0 bridgehead atoms. The van der Waals surface area contributed by atoms with Gasteiger partial charge in [0.2, 0.25) is 0 Å². The molecule has 0 spiro atoms. The lowest BCUT2D eigenvalue weighted by molar-refractivity contribution is -0.275. The van der Waals surface area contributed by atoms with Crippen molar-refractivity contribution in [3.63, 3.8) is 0 Å². The van der Waals surface area contributed by atoms with E-state index < -0.39 is 54.9 Å². The van der Waals surface area contributed by atoms with Gasteiger partial charge >= 0.3 is 31.8 Å². The van der Waals surface area contributed by atoms with Crippen LogP contribution in [0.4, 0.5) is 99.3 Å². The van der Waals surface area contributed by atoms with Crippen LogP contribution in [0.2, 0.25) is 0 Å². The maximum Gasteiger partial charge on any atom is 0.573 e. The van der Waals surface area contributed by atoms with E-state index in [-0.39, 0.29) is 34.9 Å². The number of alkyl halides is 16. The van der Waals surface area contributed by atoms with Crippen molar-refractivity contribution in [1.29, 1.82) is 0 Å². The molecule has 0 aliphatic carbocycles. The largest absolute Gasteiger partial charge is 0.573 e. The summed E-state index contributed by atoms with van der Waals surface area (Å²) >= 11 is 0. The second kappa shape index (κ2) is 40.8. The maximum atomic E-state index is 13.4. The number of aromatic nitrogens is 9. The van der Waals surface area contributed by atoms with Crippen molar-refractivity contribution in [2.45, 2.75) is 114 Å². The lowest BCUT2D eigenvalue weighted by atomic mass is 10.00. The van der Waals surface area contributed by atoms with Crippen LogP contribution in [-0.2, 0) is 48.3 Å². The van der Waals surface area contributed by atoms with E-state index >= 15 is 0 Å². The van der Waals surface area contributed by atoms with E-state index in [0.29, 0.717) is 170 Å². The fourth-order valence-electron chi connectivity index (χ4n) is 17.9. The molecule has 0 amide bonds. The van der Waals surface area contributed by atoms with Crippen molar-refractivity contribution >= 4 is 68.4 Å². The Morgan fingerprint density at radius 1 is 0.333 bits per heavy atom. The molecule has 10 aliphatic heterocycles. The van der Waals surface area contributed by atoms with Gasteiger partial charge in [-0.2, -0.15) is 10.2 Å². The number of aliphatic hydroxyl groups excluding tert-OH is 1. The number of methoxy groups -OCH3 is 1. The molecule has 7 aromatic heterocycles. The predicted molar refractivity (Wildman–Crippen MR) is 491 cm³/mol. The number of rotatable bonds is 18. The van der Waals surface area contributed by atoms with Crippen molar-refractivity contribution in [1.82, 2.24) is 44.5 Å². The number of pyridine rings is 5. The monoisotopic (exact) mass is 1980 g/mol. The molecule has 0 radical (unpaired) electrons. The average molecular weight is 1980 g/mol. The molecule has 3 atom stereocenters. The Hall–Kier alpha value is -14.4. The zero-order valence-electron chi connectivity index (χ0n) is 74.6. The van der Waals surface area contributed by atoms with Gasteiger partial charge < -0.3 is 58.0 Å².